The molecule has 0 saturated carbocycles. The van der Waals surface area contributed by atoms with E-state index in [4.69, 9.17) is 5.11 Å². The number of non-ortho nitro benzene ring substituents is 1. The van der Waals surface area contributed by atoms with E-state index in [0.29, 0.717) is 11.3 Å². The Bertz CT molecular complexity index is 931. The van der Waals surface area contributed by atoms with Crippen molar-refractivity contribution in [2.75, 3.05) is 5.32 Å². The van der Waals surface area contributed by atoms with Crippen molar-refractivity contribution in [3.63, 3.8) is 0 Å². The van der Waals surface area contributed by atoms with Gasteiger partial charge in [0.25, 0.3) is 16.8 Å². The lowest BCUT2D eigenvalue weighted by Crippen LogP contribution is -2.33. The quantitative estimate of drug-likeness (QED) is 0.571. The third kappa shape index (κ3) is 4.06. The van der Waals surface area contributed by atoms with Gasteiger partial charge in [-0.3, -0.25) is 24.6 Å². The zero-order valence-corrected chi connectivity index (χ0v) is 14.5. The smallest absolute Gasteiger partial charge is 0.335 e. The summed E-state index contributed by atoms with van der Waals surface area (Å²) in [6.07, 6.45) is 0. The topological polar surface area (TPSA) is 130 Å². The number of carboxylic acid groups (broad SMARTS) is 1. The molecule has 10 heteroatoms. The molecule has 2 amide bonds. The molecule has 2 aromatic carbocycles. The van der Waals surface area contributed by atoms with Crippen LogP contribution in [0.25, 0.3) is 0 Å². The number of nitro groups is 1. The van der Waals surface area contributed by atoms with E-state index in [-0.39, 0.29) is 17.8 Å². The molecule has 0 spiro atoms. The molecule has 1 fully saturated rings. The highest BCUT2D eigenvalue weighted by Gasteiger charge is 2.39. The number of imide groups is 1. The van der Waals surface area contributed by atoms with Gasteiger partial charge in [-0.05, 0) is 35.5 Å². The van der Waals surface area contributed by atoms with Crippen LogP contribution in [0, 0.1) is 10.1 Å². The average molecular weight is 387 g/mol. The van der Waals surface area contributed by atoms with Gasteiger partial charge in [-0.25, -0.2) is 4.79 Å². The number of thioether (sulfide) groups is 1. The highest BCUT2D eigenvalue weighted by molar-refractivity contribution is 8.15. The van der Waals surface area contributed by atoms with Gasteiger partial charge in [-0.15, -0.1) is 0 Å². The molecule has 0 bridgehead atoms. The SMILES string of the molecule is O=C(O)c1cccc(N[C@H]2SC(=O)N(Cc3ccc([N+](=O)[O-])cc3)C2=O)c1. The predicted octanol–water partition coefficient (Wildman–Crippen LogP) is 2.93. The Kier molecular flexibility index (Phi) is 5.08. The first kappa shape index (κ1) is 18.4. The van der Waals surface area contributed by atoms with Crippen LogP contribution in [0.15, 0.2) is 48.5 Å². The van der Waals surface area contributed by atoms with E-state index in [2.05, 4.69) is 5.32 Å². The number of carboxylic acids is 1. The van der Waals surface area contributed by atoms with Gasteiger partial charge < -0.3 is 10.4 Å². The van der Waals surface area contributed by atoms with E-state index in [1.165, 1.54) is 42.5 Å². The fourth-order valence-corrected chi connectivity index (χ4v) is 3.39. The summed E-state index contributed by atoms with van der Waals surface area (Å²) in [5, 5.41) is 21.2. The van der Waals surface area contributed by atoms with Crippen molar-refractivity contribution in [3.8, 4) is 0 Å². The second-order valence-corrected chi connectivity index (χ2v) is 6.70. The average Bonchev–Trinajstić information content (AvgIpc) is 2.90. The number of nitro benzene ring substituents is 1. The van der Waals surface area contributed by atoms with Crippen LogP contribution in [0.4, 0.5) is 16.2 Å². The van der Waals surface area contributed by atoms with Crippen molar-refractivity contribution in [2.45, 2.75) is 11.9 Å². The minimum Gasteiger partial charge on any atom is -0.478 e. The van der Waals surface area contributed by atoms with Gasteiger partial charge in [0, 0.05) is 17.8 Å². The summed E-state index contributed by atoms with van der Waals surface area (Å²) >= 11 is 0.789. The van der Waals surface area contributed by atoms with Gasteiger partial charge in [0.1, 0.15) is 0 Å². The number of aromatic carboxylic acids is 1. The van der Waals surface area contributed by atoms with Crippen LogP contribution in [0.2, 0.25) is 0 Å². The highest BCUT2D eigenvalue weighted by atomic mass is 32.2. The first-order valence-corrected chi connectivity index (χ1v) is 8.58. The molecule has 1 aliphatic heterocycles. The summed E-state index contributed by atoms with van der Waals surface area (Å²) < 4.78 is 0. The molecule has 2 N–H and O–H groups in total. The maximum Gasteiger partial charge on any atom is 0.335 e. The molecule has 2 aromatic rings. The molecule has 1 saturated heterocycles. The van der Waals surface area contributed by atoms with Crippen molar-refractivity contribution in [2.24, 2.45) is 0 Å². The molecule has 3 rings (SSSR count). The highest BCUT2D eigenvalue weighted by Crippen LogP contribution is 2.30. The minimum atomic E-state index is -1.10. The van der Waals surface area contributed by atoms with Gasteiger partial charge in [0.15, 0.2) is 5.37 Å². The fraction of sp³-hybridized carbons (Fsp3) is 0.118. The maximum atomic E-state index is 12.5. The number of nitrogens with zero attached hydrogens (tertiary/aromatic N) is 2. The van der Waals surface area contributed by atoms with E-state index >= 15 is 0 Å². The van der Waals surface area contributed by atoms with E-state index in [1.807, 2.05) is 0 Å². The number of hydrogen-bond acceptors (Lipinski definition) is 7. The molecule has 27 heavy (non-hydrogen) atoms. The zero-order valence-electron chi connectivity index (χ0n) is 13.7. The van der Waals surface area contributed by atoms with Crippen LogP contribution in [-0.2, 0) is 11.3 Å². The zero-order chi connectivity index (χ0) is 19.6. The van der Waals surface area contributed by atoms with Crippen LogP contribution in [-0.4, -0.2) is 37.4 Å². The monoisotopic (exact) mass is 387 g/mol. The van der Waals surface area contributed by atoms with Crippen LogP contribution >= 0.6 is 11.8 Å². The summed E-state index contributed by atoms with van der Waals surface area (Å²) in [6.45, 7) is -0.00396. The van der Waals surface area contributed by atoms with Gasteiger partial charge in [-0.2, -0.15) is 0 Å². The lowest BCUT2D eigenvalue weighted by atomic mass is 10.2. The lowest BCUT2D eigenvalue weighted by molar-refractivity contribution is -0.384. The summed E-state index contributed by atoms with van der Waals surface area (Å²) in [6, 6.07) is 11.5. The second kappa shape index (κ2) is 7.46. The Morgan fingerprint density at radius 1 is 1.22 bits per heavy atom. The molecular formula is C17H13N3O6S. The standard InChI is InChI=1S/C17H13N3O6S/c21-15-14(18-12-3-1-2-11(8-12)16(22)23)27-17(24)19(15)9-10-4-6-13(7-5-10)20(25)26/h1-8,14,18H,9H2,(H,22,23)/t14-/m0/s1. The second-order valence-electron chi connectivity index (χ2n) is 5.64. The van der Waals surface area contributed by atoms with Crippen molar-refractivity contribution in [1.29, 1.82) is 0 Å². The lowest BCUT2D eigenvalue weighted by Gasteiger charge is -2.15. The Morgan fingerprint density at radius 2 is 1.93 bits per heavy atom. The van der Waals surface area contributed by atoms with Crippen LogP contribution < -0.4 is 5.32 Å². The van der Waals surface area contributed by atoms with Crippen molar-refractivity contribution >= 4 is 40.3 Å². The normalized spacial score (nSPS) is 16.4. The molecule has 9 nitrogen and oxygen atoms in total. The number of amides is 2. The molecule has 1 aliphatic rings. The summed E-state index contributed by atoms with van der Waals surface area (Å²) in [5.41, 5.74) is 0.969. The predicted molar refractivity (Wildman–Crippen MR) is 97.4 cm³/mol. The maximum absolute atomic E-state index is 12.5. The molecular weight excluding hydrogens is 374 g/mol. The number of nitrogens with one attached hydrogen (secondary N) is 1. The van der Waals surface area contributed by atoms with Gasteiger partial charge in [0.05, 0.1) is 17.0 Å². The first-order valence-electron chi connectivity index (χ1n) is 7.70. The summed E-state index contributed by atoms with van der Waals surface area (Å²) in [5.74, 6) is -1.57. The van der Waals surface area contributed by atoms with E-state index < -0.39 is 27.4 Å². The van der Waals surface area contributed by atoms with Crippen molar-refractivity contribution in [3.05, 3.63) is 69.8 Å². The Balaban J connectivity index is 1.70. The molecule has 0 unspecified atom stereocenters. The fourth-order valence-electron chi connectivity index (χ4n) is 2.48. The molecule has 0 radical (unpaired) electrons. The van der Waals surface area contributed by atoms with Crippen LogP contribution in [0.3, 0.4) is 0 Å². The number of rotatable bonds is 6. The minimum absolute atomic E-state index is 0.00396. The van der Waals surface area contributed by atoms with E-state index in [9.17, 15) is 24.5 Å². The summed E-state index contributed by atoms with van der Waals surface area (Å²) in [7, 11) is 0. The van der Waals surface area contributed by atoms with Gasteiger partial charge in [0.2, 0.25) is 0 Å². The third-order valence-electron chi connectivity index (χ3n) is 3.82. The number of carbonyl (C=O) groups is 3. The Labute approximate surface area is 157 Å². The number of carbonyl (C=O) groups excluding carboxylic acids is 2. The van der Waals surface area contributed by atoms with Crippen LogP contribution in [0.1, 0.15) is 15.9 Å². The van der Waals surface area contributed by atoms with E-state index in [0.717, 1.165) is 16.7 Å². The number of anilines is 1. The molecule has 0 aromatic heterocycles. The number of hydrogen-bond donors (Lipinski definition) is 2. The largest absolute Gasteiger partial charge is 0.478 e. The Morgan fingerprint density at radius 3 is 2.56 bits per heavy atom. The molecule has 1 heterocycles. The Hall–Kier alpha value is -3.40. The third-order valence-corrected chi connectivity index (χ3v) is 4.80. The van der Waals surface area contributed by atoms with Crippen molar-refractivity contribution in [1.82, 2.24) is 4.90 Å². The van der Waals surface area contributed by atoms with Gasteiger partial charge >= 0.3 is 5.97 Å². The van der Waals surface area contributed by atoms with E-state index in [1.54, 1.807) is 6.07 Å². The molecule has 0 aliphatic carbocycles. The molecule has 1 atom stereocenters. The van der Waals surface area contributed by atoms with Crippen molar-refractivity contribution < 1.29 is 24.4 Å². The molecule has 138 valence electrons. The van der Waals surface area contributed by atoms with Gasteiger partial charge in [-0.1, -0.05) is 18.2 Å². The summed E-state index contributed by atoms with van der Waals surface area (Å²) in [4.78, 5) is 46.9. The first-order chi connectivity index (χ1) is 12.8. The number of benzene rings is 2. The van der Waals surface area contributed by atoms with Crippen LogP contribution in [0.5, 0.6) is 0 Å².